The average Bonchev–Trinajstić information content (AvgIpc) is 2.97. The Morgan fingerprint density at radius 2 is 1.78 bits per heavy atom. The van der Waals surface area contributed by atoms with E-state index in [1.807, 2.05) is 43.3 Å². The van der Waals surface area contributed by atoms with Gasteiger partial charge in [-0.3, -0.25) is 19.2 Å². The van der Waals surface area contributed by atoms with Gasteiger partial charge in [-0.05, 0) is 46.2 Å². The second-order valence-corrected chi connectivity index (χ2v) is 7.26. The Kier molecular flexibility index (Phi) is 4.26. The lowest BCUT2D eigenvalue weighted by Gasteiger charge is -2.36. The first kappa shape index (κ1) is 17.4. The van der Waals surface area contributed by atoms with Gasteiger partial charge in [-0.25, -0.2) is 0 Å². The number of esters is 3. The molecular formula is C21H18O6. The summed E-state index contributed by atoms with van der Waals surface area (Å²) in [5.74, 6) is -3.15. The summed E-state index contributed by atoms with van der Waals surface area (Å²) in [5.41, 5.74) is 1.59. The third-order valence-corrected chi connectivity index (χ3v) is 5.69. The van der Waals surface area contributed by atoms with Gasteiger partial charge in [-0.2, -0.15) is 0 Å². The maximum Gasteiger partial charge on any atom is 0.321 e. The highest BCUT2D eigenvalue weighted by Crippen LogP contribution is 2.49. The zero-order valence-corrected chi connectivity index (χ0v) is 14.7. The highest BCUT2D eigenvalue weighted by Gasteiger charge is 2.46. The molecule has 6 nitrogen and oxygen atoms in total. The van der Waals surface area contributed by atoms with Gasteiger partial charge in [-0.1, -0.05) is 37.3 Å². The molecule has 0 saturated carbocycles. The molecule has 1 aliphatic heterocycles. The van der Waals surface area contributed by atoms with Crippen LogP contribution in [0.3, 0.4) is 0 Å². The fourth-order valence-electron chi connectivity index (χ4n) is 4.50. The Bertz CT molecular complexity index is 962. The molecular weight excluding hydrogens is 348 g/mol. The number of benzene rings is 2. The summed E-state index contributed by atoms with van der Waals surface area (Å²) in [5, 5.41) is 1.94. The molecule has 1 saturated heterocycles. The van der Waals surface area contributed by atoms with Crippen molar-refractivity contribution in [1.29, 1.82) is 0 Å². The lowest BCUT2D eigenvalue weighted by molar-refractivity contribution is -0.154. The number of carbonyl (C=O) groups excluding carboxylic acids is 4. The Morgan fingerprint density at radius 1 is 1.11 bits per heavy atom. The monoisotopic (exact) mass is 366 g/mol. The molecule has 4 unspecified atom stereocenters. The van der Waals surface area contributed by atoms with E-state index in [-0.39, 0.29) is 24.7 Å². The fourth-order valence-corrected chi connectivity index (χ4v) is 4.50. The molecule has 138 valence electrons. The van der Waals surface area contributed by atoms with Crippen molar-refractivity contribution in [2.45, 2.75) is 31.6 Å². The van der Waals surface area contributed by atoms with E-state index in [0.717, 1.165) is 21.9 Å². The summed E-state index contributed by atoms with van der Waals surface area (Å²) >= 11 is 0. The van der Waals surface area contributed by atoms with E-state index in [0.29, 0.717) is 6.42 Å². The SMILES string of the molecule is CC1CC(C2CC(=O)OC2=O)c2cc3ccccc3cc2C1C(=O)OC=O. The average molecular weight is 366 g/mol. The number of cyclic esters (lactones) is 2. The van der Waals surface area contributed by atoms with Crippen LogP contribution in [0.2, 0.25) is 0 Å². The van der Waals surface area contributed by atoms with Crippen LogP contribution in [-0.2, 0) is 28.7 Å². The maximum atomic E-state index is 12.5. The van der Waals surface area contributed by atoms with Gasteiger partial charge in [-0.15, -0.1) is 0 Å². The summed E-state index contributed by atoms with van der Waals surface area (Å²) < 4.78 is 9.42. The van der Waals surface area contributed by atoms with E-state index in [1.54, 1.807) is 0 Å². The van der Waals surface area contributed by atoms with Gasteiger partial charge in [0.2, 0.25) is 0 Å². The molecule has 1 aliphatic carbocycles. The van der Waals surface area contributed by atoms with Crippen LogP contribution in [0, 0.1) is 11.8 Å². The topological polar surface area (TPSA) is 86.7 Å². The van der Waals surface area contributed by atoms with Crippen LogP contribution in [-0.4, -0.2) is 24.4 Å². The van der Waals surface area contributed by atoms with E-state index in [1.165, 1.54) is 0 Å². The molecule has 0 spiro atoms. The van der Waals surface area contributed by atoms with E-state index in [9.17, 15) is 19.2 Å². The Labute approximate surface area is 155 Å². The maximum absolute atomic E-state index is 12.5. The van der Waals surface area contributed by atoms with Crippen molar-refractivity contribution in [1.82, 2.24) is 0 Å². The standard InChI is InChI=1S/C21H18O6/c1-11-6-14(17-9-18(23)27-20(17)24)15-7-12-4-2-3-5-13(12)8-16(15)19(11)21(25)26-10-22/h2-5,7-8,10-11,14,17,19H,6,9H2,1H3. The Balaban J connectivity index is 1.88. The van der Waals surface area contributed by atoms with Crippen molar-refractivity contribution in [3.63, 3.8) is 0 Å². The zero-order valence-electron chi connectivity index (χ0n) is 14.7. The molecule has 2 aromatic rings. The van der Waals surface area contributed by atoms with E-state index in [2.05, 4.69) is 4.74 Å². The predicted molar refractivity (Wildman–Crippen MR) is 94.6 cm³/mol. The lowest BCUT2D eigenvalue weighted by atomic mass is 9.66. The van der Waals surface area contributed by atoms with Crippen LogP contribution < -0.4 is 0 Å². The van der Waals surface area contributed by atoms with Crippen molar-refractivity contribution in [2.24, 2.45) is 11.8 Å². The number of carbonyl (C=O) groups is 4. The molecule has 1 fully saturated rings. The van der Waals surface area contributed by atoms with Gasteiger partial charge in [0.15, 0.2) is 0 Å². The van der Waals surface area contributed by atoms with Crippen LogP contribution in [0.25, 0.3) is 10.8 Å². The lowest BCUT2D eigenvalue weighted by Crippen LogP contribution is -2.32. The minimum atomic E-state index is -0.599. The quantitative estimate of drug-likeness (QED) is 0.472. The largest absolute Gasteiger partial charge is 0.395 e. The Morgan fingerprint density at radius 3 is 2.37 bits per heavy atom. The highest BCUT2D eigenvalue weighted by molar-refractivity contribution is 5.96. The third kappa shape index (κ3) is 2.91. The van der Waals surface area contributed by atoms with E-state index >= 15 is 0 Å². The summed E-state index contributed by atoms with van der Waals surface area (Å²) in [7, 11) is 0. The minimum Gasteiger partial charge on any atom is -0.395 e. The molecule has 2 aliphatic rings. The van der Waals surface area contributed by atoms with Crippen molar-refractivity contribution < 1.29 is 28.7 Å². The molecule has 2 aromatic carbocycles. The van der Waals surface area contributed by atoms with Crippen molar-refractivity contribution in [3.05, 3.63) is 47.5 Å². The number of hydrogen-bond acceptors (Lipinski definition) is 6. The van der Waals surface area contributed by atoms with Gasteiger partial charge >= 0.3 is 24.4 Å². The molecule has 1 heterocycles. The molecule has 0 amide bonds. The molecule has 6 heteroatoms. The number of rotatable bonds is 3. The summed E-state index contributed by atoms with van der Waals surface area (Å²) in [6, 6.07) is 11.6. The van der Waals surface area contributed by atoms with Crippen LogP contribution in [0.5, 0.6) is 0 Å². The number of hydrogen-bond donors (Lipinski definition) is 0. The van der Waals surface area contributed by atoms with Crippen molar-refractivity contribution in [2.75, 3.05) is 0 Å². The molecule has 4 atom stereocenters. The van der Waals surface area contributed by atoms with Gasteiger partial charge in [0.05, 0.1) is 18.3 Å². The second-order valence-electron chi connectivity index (χ2n) is 7.26. The first-order valence-corrected chi connectivity index (χ1v) is 8.91. The molecule has 0 bridgehead atoms. The first-order valence-electron chi connectivity index (χ1n) is 8.91. The van der Waals surface area contributed by atoms with Crippen molar-refractivity contribution >= 4 is 35.2 Å². The van der Waals surface area contributed by atoms with Gasteiger partial charge in [0, 0.05) is 0 Å². The molecule has 0 aromatic heterocycles. The van der Waals surface area contributed by atoms with Crippen LogP contribution in [0.15, 0.2) is 36.4 Å². The number of ether oxygens (including phenoxy) is 2. The van der Waals surface area contributed by atoms with Gasteiger partial charge in [0.25, 0.3) is 0 Å². The molecule has 4 rings (SSSR count). The first-order chi connectivity index (χ1) is 13.0. The van der Waals surface area contributed by atoms with Crippen LogP contribution in [0.4, 0.5) is 0 Å². The highest BCUT2D eigenvalue weighted by atomic mass is 16.6. The van der Waals surface area contributed by atoms with E-state index < -0.39 is 29.7 Å². The predicted octanol–water partition coefficient (Wildman–Crippen LogP) is 2.84. The summed E-state index contributed by atoms with van der Waals surface area (Å²) in [6.45, 7) is 2.04. The number of fused-ring (bicyclic) bond motifs is 2. The molecule has 27 heavy (non-hydrogen) atoms. The second kappa shape index (κ2) is 6.61. The third-order valence-electron chi connectivity index (χ3n) is 5.69. The van der Waals surface area contributed by atoms with Gasteiger partial charge < -0.3 is 9.47 Å². The van der Waals surface area contributed by atoms with Crippen LogP contribution in [0.1, 0.15) is 42.7 Å². The molecule has 0 N–H and O–H groups in total. The normalized spacial score (nSPS) is 27.1. The molecule has 0 radical (unpaired) electrons. The summed E-state index contributed by atoms with van der Waals surface area (Å²) in [6.07, 6.45) is 0.572. The minimum absolute atomic E-state index is 0.0476. The van der Waals surface area contributed by atoms with Gasteiger partial charge in [0.1, 0.15) is 0 Å². The van der Waals surface area contributed by atoms with Crippen LogP contribution >= 0.6 is 0 Å². The Hall–Kier alpha value is -3.02. The zero-order chi connectivity index (χ0) is 19.1. The fraction of sp³-hybridized carbons (Fsp3) is 0.333. The smallest absolute Gasteiger partial charge is 0.321 e. The van der Waals surface area contributed by atoms with Crippen molar-refractivity contribution in [3.8, 4) is 0 Å². The summed E-state index contributed by atoms with van der Waals surface area (Å²) in [4.78, 5) is 47.0. The van der Waals surface area contributed by atoms with E-state index in [4.69, 9.17) is 4.74 Å².